The highest BCUT2D eigenvalue weighted by Gasteiger charge is 2.34. The zero-order valence-electron chi connectivity index (χ0n) is 13.4. The number of ether oxygens (including phenoxy) is 1. The van der Waals surface area contributed by atoms with Crippen LogP contribution in [-0.2, 0) is 22.1 Å². The number of hydrogen-bond donors (Lipinski definition) is 1. The third kappa shape index (κ3) is 4.23. The van der Waals surface area contributed by atoms with Gasteiger partial charge in [0.2, 0.25) is 0 Å². The van der Waals surface area contributed by atoms with Gasteiger partial charge in [-0.15, -0.1) is 0 Å². The first-order chi connectivity index (χ1) is 11.3. The molecule has 0 saturated carbocycles. The van der Waals surface area contributed by atoms with Gasteiger partial charge in [0.25, 0.3) is 0 Å². The molecule has 0 unspecified atom stereocenters. The fraction of sp³-hybridized carbons (Fsp3) is 0.400. The van der Waals surface area contributed by atoms with Crippen LogP contribution in [0.25, 0.3) is 0 Å². The fourth-order valence-corrected chi connectivity index (χ4v) is 3.73. The number of piperidine rings is 1. The van der Waals surface area contributed by atoms with Crippen LogP contribution in [0.3, 0.4) is 0 Å². The monoisotopic (exact) mass is 373 g/mol. The largest absolute Gasteiger partial charge is 0.376 e. The number of benzene rings is 2. The summed E-state index contributed by atoms with van der Waals surface area (Å²) in [7, 11) is 0. The van der Waals surface area contributed by atoms with Crippen LogP contribution in [0.5, 0.6) is 0 Å². The zero-order chi connectivity index (χ0) is 16.0. The summed E-state index contributed by atoms with van der Waals surface area (Å²) in [6.45, 7) is 3.61. The van der Waals surface area contributed by atoms with Crippen molar-refractivity contribution in [1.82, 2.24) is 5.32 Å². The van der Waals surface area contributed by atoms with E-state index in [1.165, 1.54) is 16.7 Å². The average Bonchev–Trinajstić information content (AvgIpc) is 2.63. The lowest BCUT2D eigenvalue weighted by Gasteiger charge is -2.38. The summed E-state index contributed by atoms with van der Waals surface area (Å²) >= 11 is 3.51. The Morgan fingerprint density at radius 3 is 2.43 bits per heavy atom. The highest BCUT2D eigenvalue weighted by atomic mass is 79.9. The predicted octanol–water partition coefficient (Wildman–Crippen LogP) is 4.42. The molecule has 0 amide bonds. The van der Waals surface area contributed by atoms with Gasteiger partial charge in [0.15, 0.2) is 0 Å². The predicted molar refractivity (Wildman–Crippen MR) is 99.0 cm³/mol. The van der Waals surface area contributed by atoms with Crippen molar-refractivity contribution in [2.24, 2.45) is 0 Å². The van der Waals surface area contributed by atoms with E-state index < -0.39 is 0 Å². The van der Waals surface area contributed by atoms with Crippen molar-refractivity contribution < 1.29 is 4.74 Å². The van der Waals surface area contributed by atoms with Crippen LogP contribution >= 0.6 is 15.9 Å². The minimum Gasteiger partial charge on any atom is -0.376 e. The molecule has 2 nitrogen and oxygen atoms in total. The Bertz CT molecular complexity index is 608. The Labute approximate surface area is 147 Å². The van der Waals surface area contributed by atoms with Crippen molar-refractivity contribution in [2.75, 3.05) is 19.7 Å². The van der Waals surface area contributed by atoms with Gasteiger partial charge in [-0.3, -0.25) is 0 Å². The Morgan fingerprint density at radius 2 is 1.70 bits per heavy atom. The van der Waals surface area contributed by atoms with Gasteiger partial charge in [0.1, 0.15) is 0 Å². The molecule has 0 bridgehead atoms. The molecule has 1 saturated heterocycles. The van der Waals surface area contributed by atoms with Crippen molar-refractivity contribution >= 4 is 15.9 Å². The summed E-state index contributed by atoms with van der Waals surface area (Å²) in [4.78, 5) is 0. The number of nitrogens with one attached hydrogen (secondary N) is 1. The molecule has 3 rings (SSSR count). The molecule has 2 aromatic rings. The fourth-order valence-electron chi connectivity index (χ4n) is 3.38. The molecule has 1 aliphatic rings. The minimum absolute atomic E-state index is 0.152. The molecule has 0 atom stereocenters. The summed E-state index contributed by atoms with van der Waals surface area (Å²) in [5.74, 6) is 0. The van der Waals surface area contributed by atoms with E-state index in [1.54, 1.807) is 0 Å². The molecular formula is C20H24BrNO. The van der Waals surface area contributed by atoms with Gasteiger partial charge in [0.05, 0.1) is 13.2 Å². The van der Waals surface area contributed by atoms with Crippen molar-refractivity contribution in [1.29, 1.82) is 0 Å². The van der Waals surface area contributed by atoms with Gasteiger partial charge in [-0.25, -0.2) is 0 Å². The number of alkyl halides is 1. The maximum atomic E-state index is 6.17. The second-order valence-electron chi connectivity index (χ2n) is 6.34. The third-order valence-corrected chi connectivity index (χ3v) is 5.39. The highest BCUT2D eigenvalue weighted by Crippen LogP contribution is 2.34. The van der Waals surface area contributed by atoms with E-state index >= 15 is 0 Å². The lowest BCUT2D eigenvalue weighted by molar-refractivity contribution is 0.0565. The quantitative estimate of drug-likeness (QED) is 0.756. The topological polar surface area (TPSA) is 21.3 Å². The Morgan fingerprint density at radius 1 is 0.957 bits per heavy atom. The smallest absolute Gasteiger partial charge is 0.0717 e. The van der Waals surface area contributed by atoms with Crippen LogP contribution in [0, 0.1) is 0 Å². The summed E-state index contributed by atoms with van der Waals surface area (Å²) in [6, 6.07) is 19.5. The molecule has 122 valence electrons. The van der Waals surface area contributed by atoms with Crippen molar-refractivity contribution in [3.63, 3.8) is 0 Å². The van der Waals surface area contributed by atoms with E-state index in [2.05, 4.69) is 75.8 Å². The molecule has 23 heavy (non-hydrogen) atoms. The van der Waals surface area contributed by atoms with Crippen molar-refractivity contribution in [2.45, 2.75) is 30.2 Å². The highest BCUT2D eigenvalue weighted by molar-refractivity contribution is 9.08. The second-order valence-corrected chi connectivity index (χ2v) is 6.90. The van der Waals surface area contributed by atoms with Gasteiger partial charge < -0.3 is 10.1 Å². The molecule has 1 heterocycles. The van der Waals surface area contributed by atoms with E-state index in [-0.39, 0.29) is 5.41 Å². The maximum Gasteiger partial charge on any atom is 0.0717 e. The van der Waals surface area contributed by atoms with Crippen LogP contribution < -0.4 is 5.32 Å². The Hall–Kier alpha value is -1.16. The summed E-state index contributed by atoms with van der Waals surface area (Å²) in [6.07, 6.45) is 2.27. The van der Waals surface area contributed by atoms with Gasteiger partial charge in [-0.05, 0) is 42.6 Å². The van der Waals surface area contributed by atoms with E-state index in [9.17, 15) is 0 Å². The summed E-state index contributed by atoms with van der Waals surface area (Å²) < 4.78 is 6.17. The third-order valence-electron chi connectivity index (χ3n) is 4.74. The van der Waals surface area contributed by atoms with E-state index in [4.69, 9.17) is 4.74 Å². The molecule has 1 N–H and O–H groups in total. The Balaban J connectivity index is 1.67. The molecule has 0 aromatic heterocycles. The van der Waals surface area contributed by atoms with Gasteiger partial charge >= 0.3 is 0 Å². The normalized spacial score (nSPS) is 17.1. The second kappa shape index (κ2) is 8.09. The van der Waals surface area contributed by atoms with Crippen LogP contribution in [0.15, 0.2) is 54.6 Å². The molecular weight excluding hydrogens is 350 g/mol. The van der Waals surface area contributed by atoms with Crippen molar-refractivity contribution in [3.8, 4) is 0 Å². The van der Waals surface area contributed by atoms with Crippen LogP contribution in [-0.4, -0.2) is 19.7 Å². The average molecular weight is 374 g/mol. The maximum absolute atomic E-state index is 6.17. The summed E-state index contributed by atoms with van der Waals surface area (Å²) in [5.41, 5.74) is 4.11. The van der Waals surface area contributed by atoms with E-state index in [0.29, 0.717) is 6.61 Å². The number of rotatable bonds is 6. The lowest BCUT2D eigenvalue weighted by atomic mass is 9.74. The Kier molecular flexibility index (Phi) is 5.87. The first-order valence-corrected chi connectivity index (χ1v) is 9.42. The summed E-state index contributed by atoms with van der Waals surface area (Å²) in [5, 5.41) is 4.36. The molecule has 1 fully saturated rings. The van der Waals surface area contributed by atoms with Gasteiger partial charge in [-0.1, -0.05) is 70.5 Å². The first kappa shape index (κ1) is 16.7. The van der Waals surface area contributed by atoms with Crippen LogP contribution in [0.4, 0.5) is 0 Å². The van der Waals surface area contributed by atoms with E-state index in [0.717, 1.165) is 37.9 Å². The van der Waals surface area contributed by atoms with Gasteiger partial charge in [0, 0.05) is 10.7 Å². The van der Waals surface area contributed by atoms with E-state index in [1.807, 2.05) is 0 Å². The first-order valence-electron chi connectivity index (χ1n) is 8.30. The molecule has 0 spiro atoms. The lowest BCUT2D eigenvalue weighted by Crippen LogP contribution is -2.43. The molecule has 0 aliphatic carbocycles. The number of halogens is 1. The molecule has 2 aromatic carbocycles. The van der Waals surface area contributed by atoms with Gasteiger partial charge in [-0.2, -0.15) is 0 Å². The SMILES string of the molecule is BrCc1cccc(COCC2(c3ccccc3)CCNCC2)c1. The zero-order valence-corrected chi connectivity index (χ0v) is 15.0. The van der Waals surface area contributed by atoms with Crippen LogP contribution in [0.1, 0.15) is 29.5 Å². The molecule has 0 radical (unpaired) electrons. The van der Waals surface area contributed by atoms with Crippen molar-refractivity contribution in [3.05, 3.63) is 71.3 Å². The molecule has 1 aliphatic heterocycles. The molecule has 3 heteroatoms. The number of hydrogen-bond acceptors (Lipinski definition) is 2. The van der Waals surface area contributed by atoms with Crippen LogP contribution in [0.2, 0.25) is 0 Å². The minimum atomic E-state index is 0.152. The standard InChI is InChI=1S/C20H24BrNO/c21-14-17-5-4-6-18(13-17)15-23-16-20(9-11-22-12-10-20)19-7-2-1-3-8-19/h1-8,13,22H,9-12,14-16H2.